The van der Waals surface area contributed by atoms with Crippen molar-refractivity contribution in [1.82, 2.24) is 5.32 Å². The Labute approximate surface area is 138 Å². The van der Waals surface area contributed by atoms with Crippen molar-refractivity contribution in [2.75, 3.05) is 20.8 Å². The number of nitrogens with one attached hydrogen (secondary N) is 1. The van der Waals surface area contributed by atoms with Gasteiger partial charge in [-0.25, -0.2) is 4.39 Å². The maximum Gasteiger partial charge on any atom is 0.165 e. The first-order valence-corrected chi connectivity index (χ1v) is 7.79. The Hall–Kier alpha value is -1.59. The molecule has 3 nitrogen and oxygen atoms in total. The molecule has 0 aliphatic carbocycles. The van der Waals surface area contributed by atoms with Crippen LogP contribution in [0.4, 0.5) is 4.39 Å². The molecule has 0 aromatic heterocycles. The van der Waals surface area contributed by atoms with Gasteiger partial charge in [0.1, 0.15) is 5.82 Å². The van der Waals surface area contributed by atoms with Gasteiger partial charge in [0.15, 0.2) is 11.5 Å². The fourth-order valence-corrected chi connectivity index (χ4v) is 2.73. The van der Waals surface area contributed by atoms with Crippen LogP contribution in [0.3, 0.4) is 0 Å². The molecule has 0 atom stereocenters. The number of methoxy groups -OCH3 is 2. The van der Waals surface area contributed by atoms with Crippen LogP contribution in [0.25, 0.3) is 0 Å². The number of rotatable bonds is 7. The molecule has 22 heavy (non-hydrogen) atoms. The highest BCUT2D eigenvalue weighted by Crippen LogP contribution is 2.34. The van der Waals surface area contributed by atoms with E-state index in [9.17, 15) is 4.39 Å². The molecule has 0 radical (unpaired) electrons. The molecule has 118 valence electrons. The van der Waals surface area contributed by atoms with E-state index in [4.69, 9.17) is 9.47 Å². The average Bonchev–Trinajstić information content (AvgIpc) is 2.52. The zero-order chi connectivity index (χ0) is 15.9. The molecule has 2 aromatic rings. The zero-order valence-electron chi connectivity index (χ0n) is 12.7. The Kier molecular flexibility index (Phi) is 6.21. The highest BCUT2D eigenvalue weighted by Gasteiger charge is 2.11. The van der Waals surface area contributed by atoms with Crippen molar-refractivity contribution in [2.45, 2.75) is 13.0 Å². The van der Waals surface area contributed by atoms with Crippen molar-refractivity contribution in [1.29, 1.82) is 0 Å². The zero-order valence-corrected chi connectivity index (χ0v) is 14.2. The predicted molar refractivity (Wildman–Crippen MR) is 89.1 cm³/mol. The molecule has 0 bridgehead atoms. The van der Waals surface area contributed by atoms with Crippen LogP contribution in [0.1, 0.15) is 11.1 Å². The number of hydrogen-bond acceptors (Lipinski definition) is 3. The van der Waals surface area contributed by atoms with Crippen LogP contribution in [0.2, 0.25) is 0 Å². The third-order valence-corrected chi connectivity index (χ3v) is 3.80. The molecule has 0 amide bonds. The lowest BCUT2D eigenvalue weighted by atomic mass is 10.1. The van der Waals surface area contributed by atoms with Crippen LogP contribution < -0.4 is 14.8 Å². The molecule has 1 N–H and O–H groups in total. The highest BCUT2D eigenvalue weighted by atomic mass is 79.9. The minimum absolute atomic E-state index is 0.206. The Bertz CT molecular complexity index is 617. The number of ether oxygens (including phenoxy) is 2. The van der Waals surface area contributed by atoms with Crippen molar-refractivity contribution >= 4 is 15.9 Å². The SMILES string of the molecule is COc1cc(Br)cc(CNCCc2ccc(F)cc2)c1OC. The van der Waals surface area contributed by atoms with Gasteiger partial charge in [-0.3, -0.25) is 0 Å². The first-order valence-electron chi connectivity index (χ1n) is 6.99. The summed E-state index contributed by atoms with van der Waals surface area (Å²) in [5, 5.41) is 3.37. The van der Waals surface area contributed by atoms with E-state index in [1.54, 1.807) is 26.4 Å². The van der Waals surface area contributed by atoms with Gasteiger partial charge in [0, 0.05) is 16.6 Å². The van der Waals surface area contributed by atoms with Gasteiger partial charge in [-0.05, 0) is 42.8 Å². The monoisotopic (exact) mass is 367 g/mol. The van der Waals surface area contributed by atoms with Crippen molar-refractivity contribution in [3.63, 3.8) is 0 Å². The summed E-state index contributed by atoms with van der Waals surface area (Å²) in [6.07, 6.45) is 0.841. The minimum atomic E-state index is -0.206. The van der Waals surface area contributed by atoms with Crippen molar-refractivity contribution in [2.24, 2.45) is 0 Å². The molecule has 0 saturated carbocycles. The van der Waals surface area contributed by atoms with Gasteiger partial charge in [0.25, 0.3) is 0 Å². The average molecular weight is 368 g/mol. The topological polar surface area (TPSA) is 30.5 Å². The van der Waals surface area contributed by atoms with E-state index in [1.807, 2.05) is 12.1 Å². The van der Waals surface area contributed by atoms with Gasteiger partial charge in [0.05, 0.1) is 14.2 Å². The predicted octanol–water partition coefficient (Wildman–Crippen LogP) is 3.94. The van der Waals surface area contributed by atoms with Crippen LogP contribution in [-0.4, -0.2) is 20.8 Å². The Morgan fingerprint density at radius 1 is 1.09 bits per heavy atom. The molecule has 2 rings (SSSR count). The number of benzene rings is 2. The number of halogens is 2. The molecule has 0 aliphatic rings. The second-order valence-corrected chi connectivity index (χ2v) is 5.77. The summed E-state index contributed by atoms with van der Waals surface area (Å²) in [7, 11) is 3.25. The molecule has 0 aliphatic heterocycles. The van der Waals surface area contributed by atoms with Crippen LogP contribution in [-0.2, 0) is 13.0 Å². The summed E-state index contributed by atoms with van der Waals surface area (Å²) in [4.78, 5) is 0. The summed E-state index contributed by atoms with van der Waals surface area (Å²) < 4.78 is 24.5. The van der Waals surface area contributed by atoms with Gasteiger partial charge in [0.2, 0.25) is 0 Å². The molecule has 2 aromatic carbocycles. The van der Waals surface area contributed by atoms with Crippen LogP contribution in [0.15, 0.2) is 40.9 Å². The van der Waals surface area contributed by atoms with E-state index >= 15 is 0 Å². The lowest BCUT2D eigenvalue weighted by molar-refractivity contribution is 0.350. The van der Waals surface area contributed by atoms with Gasteiger partial charge >= 0.3 is 0 Å². The van der Waals surface area contributed by atoms with Crippen LogP contribution in [0.5, 0.6) is 11.5 Å². The smallest absolute Gasteiger partial charge is 0.165 e. The summed E-state index contributed by atoms with van der Waals surface area (Å²) in [5.74, 6) is 1.23. The van der Waals surface area contributed by atoms with E-state index in [-0.39, 0.29) is 5.82 Å². The van der Waals surface area contributed by atoms with E-state index in [2.05, 4.69) is 21.2 Å². The first kappa shape index (κ1) is 16.8. The lowest BCUT2D eigenvalue weighted by Gasteiger charge is -2.14. The fourth-order valence-electron chi connectivity index (χ4n) is 2.24. The summed E-state index contributed by atoms with van der Waals surface area (Å²) in [6, 6.07) is 10.5. The van der Waals surface area contributed by atoms with Gasteiger partial charge < -0.3 is 14.8 Å². The third-order valence-electron chi connectivity index (χ3n) is 3.34. The fraction of sp³-hybridized carbons (Fsp3) is 0.294. The molecule has 0 unspecified atom stereocenters. The lowest BCUT2D eigenvalue weighted by Crippen LogP contribution is -2.17. The Balaban J connectivity index is 1.94. The number of hydrogen-bond donors (Lipinski definition) is 1. The quantitative estimate of drug-likeness (QED) is 0.751. The van der Waals surface area contributed by atoms with Crippen LogP contribution in [0, 0.1) is 5.82 Å². The van der Waals surface area contributed by atoms with Gasteiger partial charge in [-0.15, -0.1) is 0 Å². The molecular weight excluding hydrogens is 349 g/mol. The third kappa shape index (κ3) is 4.45. The second kappa shape index (κ2) is 8.15. The summed E-state index contributed by atoms with van der Waals surface area (Å²) >= 11 is 3.47. The molecule has 5 heteroatoms. The van der Waals surface area contributed by atoms with E-state index in [0.717, 1.165) is 34.3 Å². The van der Waals surface area contributed by atoms with Gasteiger partial charge in [-0.1, -0.05) is 28.1 Å². The van der Waals surface area contributed by atoms with E-state index in [1.165, 1.54) is 12.1 Å². The van der Waals surface area contributed by atoms with Crippen molar-refractivity contribution in [3.05, 3.63) is 57.8 Å². The first-order chi connectivity index (χ1) is 10.6. The van der Waals surface area contributed by atoms with Crippen LogP contribution >= 0.6 is 15.9 Å². The molecule has 0 saturated heterocycles. The normalized spacial score (nSPS) is 10.5. The molecular formula is C17H19BrFNO2. The molecule has 0 heterocycles. The maximum absolute atomic E-state index is 12.8. The summed E-state index contributed by atoms with van der Waals surface area (Å²) in [6.45, 7) is 1.46. The molecule has 0 fully saturated rings. The van der Waals surface area contributed by atoms with Crippen molar-refractivity contribution in [3.8, 4) is 11.5 Å². The van der Waals surface area contributed by atoms with Gasteiger partial charge in [-0.2, -0.15) is 0 Å². The standard InChI is InChI=1S/C17H19BrFNO2/c1-21-16-10-14(18)9-13(17(16)22-2)11-20-8-7-12-3-5-15(19)6-4-12/h3-6,9-10,20H,7-8,11H2,1-2H3. The maximum atomic E-state index is 12.8. The second-order valence-electron chi connectivity index (χ2n) is 4.85. The Morgan fingerprint density at radius 3 is 2.45 bits per heavy atom. The van der Waals surface area contributed by atoms with Crippen molar-refractivity contribution < 1.29 is 13.9 Å². The molecule has 0 spiro atoms. The highest BCUT2D eigenvalue weighted by molar-refractivity contribution is 9.10. The van der Waals surface area contributed by atoms with E-state index < -0.39 is 0 Å². The largest absolute Gasteiger partial charge is 0.493 e. The summed E-state index contributed by atoms with van der Waals surface area (Å²) in [5.41, 5.74) is 2.13. The minimum Gasteiger partial charge on any atom is -0.493 e. The van der Waals surface area contributed by atoms with E-state index in [0.29, 0.717) is 12.3 Å². The Morgan fingerprint density at radius 2 is 1.82 bits per heavy atom.